The summed E-state index contributed by atoms with van der Waals surface area (Å²) in [5.41, 5.74) is 14.0. The van der Waals surface area contributed by atoms with Crippen LogP contribution in [0.2, 0.25) is 13.1 Å². The Kier molecular flexibility index (Phi) is 9.26. The summed E-state index contributed by atoms with van der Waals surface area (Å²) in [6.07, 6.45) is 7.60. The van der Waals surface area contributed by atoms with Gasteiger partial charge in [0.25, 0.3) is 0 Å². The van der Waals surface area contributed by atoms with Gasteiger partial charge in [0.1, 0.15) is 8.07 Å². The fraction of sp³-hybridized carbons (Fsp3) is 0.176. The minimum absolute atomic E-state index is 0.694. The van der Waals surface area contributed by atoms with Crippen LogP contribution in [0, 0.1) is 0 Å². The summed E-state index contributed by atoms with van der Waals surface area (Å²) in [4.78, 5) is 4.79. The van der Waals surface area contributed by atoms with Gasteiger partial charge in [0.2, 0.25) is 0 Å². The molecule has 0 unspecified atom stereocenters. The normalized spacial score (nSPS) is 14.6. The summed E-state index contributed by atoms with van der Waals surface area (Å²) in [5.74, 6) is 0.694. The predicted molar refractivity (Wildman–Crippen MR) is 233 cm³/mol. The maximum Gasteiger partial charge on any atom is 0.113 e. The van der Waals surface area contributed by atoms with Crippen molar-refractivity contribution in [3.63, 3.8) is 0 Å². The number of anilines is 6. The van der Waals surface area contributed by atoms with Gasteiger partial charge in [0.15, 0.2) is 0 Å². The summed E-state index contributed by atoms with van der Waals surface area (Å²) >= 11 is 0. The van der Waals surface area contributed by atoms with Gasteiger partial charge in [-0.15, -0.1) is 0 Å². The maximum atomic E-state index is 2.51. The fourth-order valence-electron chi connectivity index (χ4n) is 8.97. The zero-order valence-corrected chi connectivity index (χ0v) is 32.5. The molecule has 0 bridgehead atoms. The van der Waals surface area contributed by atoms with Crippen LogP contribution in [0.15, 0.2) is 176 Å². The lowest BCUT2D eigenvalue weighted by Crippen LogP contribution is -2.49. The first-order chi connectivity index (χ1) is 26.5. The Bertz CT molecular complexity index is 2300. The van der Waals surface area contributed by atoms with E-state index in [0.717, 1.165) is 23.5 Å². The van der Waals surface area contributed by atoms with Crippen molar-refractivity contribution in [1.82, 2.24) is 0 Å². The molecule has 0 spiro atoms. The molecule has 0 atom stereocenters. The van der Waals surface area contributed by atoms with Crippen LogP contribution in [0.25, 0.3) is 11.1 Å². The molecule has 7 aromatic carbocycles. The smallest absolute Gasteiger partial charge is 0.113 e. The van der Waals surface area contributed by atoms with E-state index in [1.54, 1.807) is 5.19 Å². The number of rotatable bonds is 9. The average molecular weight is 717 g/mol. The number of fused-ring (bicyclic) bond motifs is 3. The molecule has 0 aromatic heterocycles. The standard InChI is InChI=1S/C51H48N2Si/c1-54(2)50-21-13-12-20-48(50)49-35-34-47(37-51(49)54)53(46-32-26-41(27-33-46)40-14-6-3-7-15-40)45-30-24-39(25-31-45)36-38-22-28-44(29-23-38)52(42-16-8-4-9-17-42)43-18-10-5-11-19-43/h4-5,8-13,16-35,37,40H,3,6-7,14-15,36H2,1-2H3. The van der Waals surface area contributed by atoms with Crippen LogP contribution in [0.3, 0.4) is 0 Å². The highest BCUT2D eigenvalue weighted by Crippen LogP contribution is 2.40. The van der Waals surface area contributed by atoms with Crippen molar-refractivity contribution in [2.24, 2.45) is 0 Å². The van der Waals surface area contributed by atoms with E-state index in [-0.39, 0.29) is 0 Å². The van der Waals surface area contributed by atoms with Crippen molar-refractivity contribution in [3.05, 3.63) is 193 Å². The summed E-state index contributed by atoms with van der Waals surface area (Å²) in [6, 6.07) is 65.3. The maximum absolute atomic E-state index is 2.51. The van der Waals surface area contributed by atoms with Crippen LogP contribution >= 0.6 is 0 Å². The average Bonchev–Trinajstić information content (AvgIpc) is 3.46. The molecule has 1 heterocycles. The van der Waals surface area contributed by atoms with Crippen molar-refractivity contribution in [3.8, 4) is 11.1 Å². The number of para-hydroxylation sites is 2. The summed E-state index contributed by atoms with van der Waals surface area (Å²) in [6.45, 7) is 5.01. The second-order valence-corrected chi connectivity index (χ2v) is 20.0. The largest absolute Gasteiger partial charge is 0.311 e. The second-order valence-electron chi connectivity index (χ2n) is 15.7. The van der Waals surface area contributed by atoms with Gasteiger partial charge >= 0.3 is 0 Å². The van der Waals surface area contributed by atoms with E-state index < -0.39 is 8.07 Å². The Hall–Kier alpha value is -5.64. The van der Waals surface area contributed by atoms with Gasteiger partial charge in [-0.3, -0.25) is 0 Å². The van der Waals surface area contributed by atoms with E-state index >= 15 is 0 Å². The lowest BCUT2D eigenvalue weighted by molar-refractivity contribution is 0.443. The van der Waals surface area contributed by atoms with Crippen LogP contribution in [0.5, 0.6) is 0 Å². The monoisotopic (exact) mass is 716 g/mol. The molecular weight excluding hydrogens is 669 g/mol. The number of nitrogens with zero attached hydrogens (tertiary/aromatic N) is 2. The molecule has 2 nitrogen and oxygen atoms in total. The van der Waals surface area contributed by atoms with Gasteiger partial charge in [0, 0.05) is 34.1 Å². The molecule has 0 N–H and O–H groups in total. The fourth-order valence-corrected chi connectivity index (χ4v) is 12.1. The predicted octanol–water partition coefficient (Wildman–Crippen LogP) is 13.1. The molecule has 9 rings (SSSR count). The van der Waals surface area contributed by atoms with Crippen molar-refractivity contribution < 1.29 is 0 Å². The Morgan fingerprint density at radius 1 is 0.426 bits per heavy atom. The zero-order chi connectivity index (χ0) is 36.5. The van der Waals surface area contributed by atoms with E-state index in [1.807, 2.05) is 0 Å². The zero-order valence-electron chi connectivity index (χ0n) is 31.5. The molecule has 1 aliphatic carbocycles. The highest BCUT2D eigenvalue weighted by molar-refractivity contribution is 7.03. The Morgan fingerprint density at radius 3 is 1.44 bits per heavy atom. The van der Waals surface area contributed by atoms with Crippen molar-refractivity contribution in [2.45, 2.75) is 57.5 Å². The lowest BCUT2D eigenvalue weighted by atomic mass is 9.84. The molecule has 7 aromatic rings. The van der Waals surface area contributed by atoms with Crippen molar-refractivity contribution in [2.75, 3.05) is 9.80 Å². The molecule has 266 valence electrons. The van der Waals surface area contributed by atoms with Gasteiger partial charge in [-0.25, -0.2) is 0 Å². The van der Waals surface area contributed by atoms with Crippen molar-refractivity contribution in [1.29, 1.82) is 0 Å². The van der Waals surface area contributed by atoms with Gasteiger partial charge in [0.05, 0.1) is 0 Å². The minimum Gasteiger partial charge on any atom is -0.311 e. The third-order valence-corrected chi connectivity index (χ3v) is 15.4. The second kappa shape index (κ2) is 14.6. The van der Waals surface area contributed by atoms with Gasteiger partial charge in [-0.1, -0.05) is 135 Å². The van der Waals surface area contributed by atoms with E-state index in [4.69, 9.17) is 0 Å². The molecule has 3 heteroatoms. The van der Waals surface area contributed by atoms with Gasteiger partial charge in [-0.05, 0) is 136 Å². The third kappa shape index (κ3) is 6.58. The number of hydrogen-bond donors (Lipinski definition) is 0. The summed E-state index contributed by atoms with van der Waals surface area (Å²) < 4.78 is 0. The number of hydrogen-bond acceptors (Lipinski definition) is 2. The molecule has 1 saturated carbocycles. The topological polar surface area (TPSA) is 6.48 Å². The molecule has 2 aliphatic rings. The molecule has 1 fully saturated rings. The van der Waals surface area contributed by atoms with Gasteiger partial charge < -0.3 is 9.80 Å². The molecular formula is C51H48N2Si. The van der Waals surface area contributed by atoms with E-state index in [1.165, 1.54) is 82.2 Å². The van der Waals surface area contributed by atoms with Crippen LogP contribution in [0.4, 0.5) is 34.1 Å². The van der Waals surface area contributed by atoms with E-state index in [2.05, 4.69) is 199 Å². The van der Waals surface area contributed by atoms with Gasteiger partial charge in [-0.2, -0.15) is 0 Å². The summed E-state index contributed by atoms with van der Waals surface area (Å²) in [5, 5.41) is 3.08. The quantitative estimate of drug-likeness (QED) is 0.137. The first-order valence-corrected chi connectivity index (χ1v) is 22.8. The lowest BCUT2D eigenvalue weighted by Gasteiger charge is -2.28. The van der Waals surface area contributed by atoms with Crippen LogP contribution in [-0.2, 0) is 6.42 Å². The van der Waals surface area contributed by atoms with Crippen molar-refractivity contribution >= 4 is 52.6 Å². The Balaban J connectivity index is 1.01. The molecule has 1 aliphatic heterocycles. The molecule has 54 heavy (non-hydrogen) atoms. The SMILES string of the molecule is C[Si]1(C)c2ccccc2-c2ccc(N(c3ccc(Cc4ccc(N(c5ccccc5)c5ccccc5)cc4)cc3)c3ccc(C4CCCCC4)cc3)cc21. The molecule has 0 amide bonds. The first-order valence-electron chi connectivity index (χ1n) is 19.8. The number of benzene rings is 7. The third-order valence-electron chi connectivity index (χ3n) is 11.9. The van der Waals surface area contributed by atoms with Crippen LogP contribution in [-0.4, -0.2) is 8.07 Å². The van der Waals surface area contributed by atoms with Crippen LogP contribution in [0.1, 0.15) is 54.7 Å². The molecule has 0 saturated heterocycles. The minimum atomic E-state index is -1.82. The first kappa shape index (κ1) is 34.1. The van der Waals surface area contributed by atoms with E-state index in [9.17, 15) is 0 Å². The molecule has 0 radical (unpaired) electrons. The Morgan fingerprint density at radius 2 is 0.870 bits per heavy atom. The van der Waals surface area contributed by atoms with E-state index in [0.29, 0.717) is 5.92 Å². The Labute approximate surface area is 322 Å². The highest BCUT2D eigenvalue weighted by atomic mass is 28.3. The van der Waals surface area contributed by atoms with Crippen LogP contribution < -0.4 is 20.2 Å². The highest BCUT2D eigenvalue weighted by Gasteiger charge is 2.37. The summed E-state index contributed by atoms with van der Waals surface area (Å²) in [7, 11) is -1.82.